The normalized spacial score (nSPS) is 20.9. The SMILES string of the molecule is CN(C)c1cccc(C(=O)NCC2(N3CCSCC3)CCOCC2)c1. The van der Waals surface area contributed by atoms with E-state index < -0.39 is 0 Å². The number of carbonyl (C=O) groups is 1. The Hall–Kier alpha value is -1.24. The van der Waals surface area contributed by atoms with Crippen LogP contribution < -0.4 is 10.2 Å². The average molecular weight is 364 g/mol. The number of thioether (sulfide) groups is 1. The van der Waals surface area contributed by atoms with Crippen molar-refractivity contribution in [3.63, 3.8) is 0 Å². The summed E-state index contributed by atoms with van der Waals surface area (Å²) >= 11 is 2.02. The van der Waals surface area contributed by atoms with Crippen LogP contribution in [0, 0.1) is 0 Å². The number of ether oxygens (including phenoxy) is 1. The molecule has 0 aliphatic carbocycles. The zero-order chi connectivity index (χ0) is 17.7. The van der Waals surface area contributed by atoms with Crippen molar-refractivity contribution in [2.75, 3.05) is 63.3 Å². The molecule has 1 amide bonds. The zero-order valence-corrected chi connectivity index (χ0v) is 16.1. The molecule has 0 atom stereocenters. The number of benzene rings is 1. The Balaban J connectivity index is 1.68. The molecule has 0 aromatic heterocycles. The van der Waals surface area contributed by atoms with Crippen LogP contribution in [-0.4, -0.2) is 74.8 Å². The number of hydrogen-bond donors (Lipinski definition) is 1. The van der Waals surface area contributed by atoms with E-state index in [2.05, 4.69) is 10.2 Å². The predicted octanol–water partition coefficient (Wildman–Crippen LogP) is 2.08. The molecule has 0 spiro atoms. The summed E-state index contributed by atoms with van der Waals surface area (Å²) in [5.74, 6) is 2.38. The fourth-order valence-electron chi connectivity index (χ4n) is 3.67. The highest BCUT2D eigenvalue weighted by Gasteiger charge is 2.39. The van der Waals surface area contributed by atoms with Crippen molar-refractivity contribution in [3.8, 4) is 0 Å². The lowest BCUT2D eigenvalue weighted by Gasteiger charge is -2.48. The Kier molecular flexibility index (Phi) is 6.25. The minimum absolute atomic E-state index is 0.0148. The largest absolute Gasteiger partial charge is 0.381 e. The molecule has 2 aliphatic rings. The van der Waals surface area contributed by atoms with E-state index in [9.17, 15) is 4.79 Å². The van der Waals surface area contributed by atoms with E-state index in [0.717, 1.165) is 50.4 Å². The highest BCUT2D eigenvalue weighted by atomic mass is 32.2. The van der Waals surface area contributed by atoms with Gasteiger partial charge in [-0.2, -0.15) is 11.8 Å². The van der Waals surface area contributed by atoms with E-state index in [1.807, 2.05) is 55.0 Å². The van der Waals surface area contributed by atoms with Gasteiger partial charge in [0.25, 0.3) is 5.91 Å². The molecule has 6 heteroatoms. The van der Waals surface area contributed by atoms with Crippen LogP contribution in [0.5, 0.6) is 0 Å². The maximum atomic E-state index is 12.7. The molecule has 5 nitrogen and oxygen atoms in total. The monoisotopic (exact) mass is 363 g/mol. The molecular weight excluding hydrogens is 334 g/mol. The molecule has 0 saturated carbocycles. The van der Waals surface area contributed by atoms with Gasteiger partial charge in [0.1, 0.15) is 0 Å². The van der Waals surface area contributed by atoms with Gasteiger partial charge in [0.15, 0.2) is 0 Å². The smallest absolute Gasteiger partial charge is 0.251 e. The summed E-state index contributed by atoms with van der Waals surface area (Å²) in [6.45, 7) is 4.49. The van der Waals surface area contributed by atoms with E-state index in [-0.39, 0.29) is 11.4 Å². The average Bonchev–Trinajstić information content (AvgIpc) is 2.67. The molecule has 1 aromatic rings. The maximum Gasteiger partial charge on any atom is 0.251 e. The van der Waals surface area contributed by atoms with Crippen molar-refractivity contribution in [1.29, 1.82) is 0 Å². The number of anilines is 1. The fraction of sp³-hybridized carbons (Fsp3) is 0.632. The van der Waals surface area contributed by atoms with Crippen molar-refractivity contribution < 1.29 is 9.53 Å². The van der Waals surface area contributed by atoms with Crippen LogP contribution in [0.3, 0.4) is 0 Å². The van der Waals surface area contributed by atoms with E-state index in [1.54, 1.807) is 0 Å². The summed E-state index contributed by atoms with van der Waals surface area (Å²) in [5.41, 5.74) is 1.82. The molecule has 0 radical (unpaired) electrons. The molecule has 0 bridgehead atoms. The molecular formula is C19H29N3O2S. The van der Waals surface area contributed by atoms with Crippen LogP contribution in [0.2, 0.25) is 0 Å². The Morgan fingerprint density at radius 1 is 1.28 bits per heavy atom. The van der Waals surface area contributed by atoms with Crippen LogP contribution >= 0.6 is 11.8 Å². The van der Waals surface area contributed by atoms with Crippen LogP contribution in [0.1, 0.15) is 23.2 Å². The second-order valence-corrected chi connectivity index (χ2v) is 8.29. The lowest BCUT2D eigenvalue weighted by Crippen LogP contribution is -2.60. The molecule has 2 heterocycles. The van der Waals surface area contributed by atoms with Gasteiger partial charge in [0, 0.05) is 75.2 Å². The van der Waals surface area contributed by atoms with Gasteiger partial charge in [0.2, 0.25) is 0 Å². The van der Waals surface area contributed by atoms with Crippen molar-refractivity contribution in [2.24, 2.45) is 0 Å². The second-order valence-electron chi connectivity index (χ2n) is 7.06. The van der Waals surface area contributed by atoms with Crippen LogP contribution in [0.15, 0.2) is 24.3 Å². The van der Waals surface area contributed by atoms with Crippen molar-refractivity contribution in [2.45, 2.75) is 18.4 Å². The highest BCUT2D eigenvalue weighted by Crippen LogP contribution is 2.30. The third-order valence-electron chi connectivity index (χ3n) is 5.31. The number of nitrogens with zero attached hydrogens (tertiary/aromatic N) is 2. The standard InChI is InChI=1S/C19H29N3O2S/c1-21(2)17-5-3-4-16(14-17)18(23)20-15-19(6-10-24-11-7-19)22-8-12-25-13-9-22/h3-5,14H,6-13,15H2,1-2H3,(H,20,23). The van der Waals surface area contributed by atoms with Gasteiger partial charge in [-0.3, -0.25) is 9.69 Å². The number of amides is 1. The Bertz CT molecular complexity index is 582. The summed E-state index contributed by atoms with van der Waals surface area (Å²) in [7, 11) is 3.98. The minimum Gasteiger partial charge on any atom is -0.381 e. The van der Waals surface area contributed by atoms with Gasteiger partial charge < -0.3 is 15.0 Å². The molecule has 138 valence electrons. The van der Waals surface area contributed by atoms with Gasteiger partial charge in [-0.15, -0.1) is 0 Å². The molecule has 0 unspecified atom stereocenters. The minimum atomic E-state index is 0.0148. The zero-order valence-electron chi connectivity index (χ0n) is 15.3. The maximum absolute atomic E-state index is 12.7. The predicted molar refractivity (Wildman–Crippen MR) is 105 cm³/mol. The first-order valence-electron chi connectivity index (χ1n) is 9.07. The van der Waals surface area contributed by atoms with Crippen LogP contribution in [-0.2, 0) is 4.74 Å². The Morgan fingerprint density at radius 2 is 2.00 bits per heavy atom. The van der Waals surface area contributed by atoms with Crippen molar-refractivity contribution in [1.82, 2.24) is 10.2 Å². The third kappa shape index (κ3) is 4.49. The van der Waals surface area contributed by atoms with Gasteiger partial charge in [-0.1, -0.05) is 6.07 Å². The van der Waals surface area contributed by atoms with Crippen molar-refractivity contribution in [3.05, 3.63) is 29.8 Å². The fourth-order valence-corrected chi connectivity index (χ4v) is 4.57. The summed E-state index contributed by atoms with van der Waals surface area (Å²) < 4.78 is 5.60. The Morgan fingerprint density at radius 3 is 2.68 bits per heavy atom. The van der Waals surface area contributed by atoms with Gasteiger partial charge in [0.05, 0.1) is 0 Å². The second kappa shape index (κ2) is 8.43. The van der Waals surface area contributed by atoms with E-state index >= 15 is 0 Å². The van der Waals surface area contributed by atoms with Crippen LogP contribution in [0.4, 0.5) is 5.69 Å². The first kappa shape index (κ1) is 18.5. The topological polar surface area (TPSA) is 44.8 Å². The number of hydrogen-bond acceptors (Lipinski definition) is 5. The molecule has 25 heavy (non-hydrogen) atoms. The molecule has 1 aromatic carbocycles. The van der Waals surface area contributed by atoms with Gasteiger partial charge >= 0.3 is 0 Å². The number of carbonyl (C=O) groups excluding carboxylic acids is 1. The lowest BCUT2D eigenvalue weighted by atomic mass is 9.87. The number of rotatable bonds is 5. The van der Waals surface area contributed by atoms with E-state index in [4.69, 9.17) is 4.74 Å². The Labute approximate surface area is 155 Å². The first-order chi connectivity index (χ1) is 12.1. The summed E-state index contributed by atoms with van der Waals surface area (Å²) in [6.07, 6.45) is 1.99. The van der Waals surface area contributed by atoms with Gasteiger partial charge in [-0.05, 0) is 31.0 Å². The molecule has 2 aliphatic heterocycles. The molecule has 2 saturated heterocycles. The summed E-state index contributed by atoms with van der Waals surface area (Å²) in [5, 5.41) is 3.21. The molecule has 3 rings (SSSR count). The van der Waals surface area contributed by atoms with Gasteiger partial charge in [-0.25, -0.2) is 0 Å². The lowest BCUT2D eigenvalue weighted by molar-refractivity contribution is -0.0237. The third-order valence-corrected chi connectivity index (χ3v) is 6.25. The van der Waals surface area contributed by atoms with Crippen LogP contribution in [0.25, 0.3) is 0 Å². The molecule has 1 N–H and O–H groups in total. The van der Waals surface area contributed by atoms with Crippen molar-refractivity contribution >= 4 is 23.4 Å². The quantitative estimate of drug-likeness (QED) is 0.868. The summed E-state index contributed by atoms with van der Waals surface area (Å²) in [6, 6.07) is 7.79. The highest BCUT2D eigenvalue weighted by molar-refractivity contribution is 7.99. The summed E-state index contributed by atoms with van der Waals surface area (Å²) in [4.78, 5) is 17.3. The van der Waals surface area contributed by atoms with E-state index in [0.29, 0.717) is 6.54 Å². The van der Waals surface area contributed by atoms with E-state index in [1.165, 1.54) is 11.5 Å². The first-order valence-corrected chi connectivity index (χ1v) is 10.2. The number of nitrogens with one attached hydrogen (secondary N) is 1. The molecule has 2 fully saturated rings.